The number of imidazole rings is 1. The number of urea groups is 1. The number of nitrogens with zero attached hydrogens (tertiary/aromatic N) is 6. The maximum atomic E-state index is 13.5. The van der Waals surface area contributed by atoms with Gasteiger partial charge in [0, 0.05) is 62.7 Å². The number of carbonyl (C=O) groups excluding carboxylic acids is 2. The van der Waals surface area contributed by atoms with Crippen molar-refractivity contribution >= 4 is 39.6 Å². The van der Waals surface area contributed by atoms with Crippen molar-refractivity contribution in [2.24, 2.45) is 5.92 Å². The average molecular weight is 536 g/mol. The molecular weight excluding hydrogens is 506 g/mol. The third-order valence-corrected chi connectivity index (χ3v) is 8.46. The second-order valence-corrected chi connectivity index (χ2v) is 10.8. The molecule has 10 heteroatoms. The highest BCUT2D eigenvalue weighted by atomic mass is 16.3. The smallest absolute Gasteiger partial charge is 0.320 e. The highest BCUT2D eigenvalue weighted by molar-refractivity contribution is 6.32. The minimum absolute atomic E-state index is 0.00135. The van der Waals surface area contributed by atoms with E-state index in [1.165, 1.54) is 0 Å². The van der Waals surface area contributed by atoms with Crippen molar-refractivity contribution in [2.45, 2.75) is 25.9 Å². The van der Waals surface area contributed by atoms with Crippen molar-refractivity contribution in [1.82, 2.24) is 29.1 Å². The molecule has 202 valence electrons. The number of piperidine rings is 1. The number of rotatable bonds is 3. The Balaban J connectivity index is 1.31. The van der Waals surface area contributed by atoms with Gasteiger partial charge in [0.05, 0.1) is 46.9 Å². The summed E-state index contributed by atoms with van der Waals surface area (Å²) in [5.74, 6) is 0.252. The fraction of sp³-hybridized carbons (Fsp3) is 0.333. The zero-order chi connectivity index (χ0) is 27.4. The molecule has 1 fully saturated rings. The molecule has 1 aromatic carbocycles. The summed E-state index contributed by atoms with van der Waals surface area (Å²) in [6.45, 7) is 3.18. The van der Waals surface area contributed by atoms with Gasteiger partial charge in [0.1, 0.15) is 5.65 Å². The maximum absolute atomic E-state index is 13.5. The number of benzene rings is 1. The molecule has 0 aliphatic carbocycles. The predicted molar refractivity (Wildman–Crippen MR) is 149 cm³/mol. The number of fused-ring (bicyclic) bond motifs is 1. The lowest BCUT2D eigenvalue weighted by molar-refractivity contribution is -0.112. The van der Waals surface area contributed by atoms with Crippen LogP contribution in [-0.4, -0.2) is 73.5 Å². The molecule has 40 heavy (non-hydrogen) atoms. The molecule has 0 bridgehead atoms. The van der Waals surface area contributed by atoms with Crippen molar-refractivity contribution in [3.8, 4) is 6.07 Å². The van der Waals surface area contributed by atoms with Gasteiger partial charge >= 0.3 is 6.03 Å². The lowest BCUT2D eigenvalue weighted by Crippen LogP contribution is -2.47. The second kappa shape index (κ2) is 9.54. The van der Waals surface area contributed by atoms with Gasteiger partial charge in [-0.2, -0.15) is 5.26 Å². The number of pyridine rings is 1. The number of hydrogen-bond acceptors (Lipinski definition) is 6. The van der Waals surface area contributed by atoms with Crippen LogP contribution in [0, 0.1) is 17.2 Å². The zero-order valence-corrected chi connectivity index (χ0v) is 22.0. The molecular formula is C30H29N7O3. The number of hydrogen-bond donors (Lipinski definition) is 2. The molecule has 2 N–H and O–H groups in total. The first kappa shape index (κ1) is 24.4. The molecule has 0 saturated carbocycles. The molecule has 3 aliphatic rings. The number of ketones is 1. The van der Waals surface area contributed by atoms with Crippen LogP contribution < -0.4 is 5.32 Å². The van der Waals surface area contributed by atoms with Crippen LogP contribution in [0.25, 0.3) is 27.8 Å². The predicted octanol–water partition coefficient (Wildman–Crippen LogP) is 2.84. The van der Waals surface area contributed by atoms with E-state index >= 15 is 0 Å². The molecule has 2 amide bonds. The molecule has 0 atom stereocenters. The minimum Gasteiger partial charge on any atom is -0.396 e. The summed E-state index contributed by atoms with van der Waals surface area (Å²) in [7, 11) is 0. The van der Waals surface area contributed by atoms with Crippen LogP contribution in [0.3, 0.4) is 0 Å². The number of nitriles is 1. The summed E-state index contributed by atoms with van der Waals surface area (Å²) in [6, 6.07) is 11.8. The Morgan fingerprint density at radius 1 is 1.15 bits per heavy atom. The largest absolute Gasteiger partial charge is 0.396 e. The minimum atomic E-state index is -0.00736. The van der Waals surface area contributed by atoms with Gasteiger partial charge in [0.2, 0.25) is 0 Å². The molecule has 3 aromatic heterocycles. The van der Waals surface area contributed by atoms with Gasteiger partial charge in [-0.05, 0) is 48.6 Å². The van der Waals surface area contributed by atoms with Crippen LogP contribution in [0.2, 0.25) is 0 Å². The van der Waals surface area contributed by atoms with E-state index < -0.39 is 0 Å². The highest BCUT2D eigenvalue weighted by Crippen LogP contribution is 2.37. The third kappa shape index (κ3) is 3.85. The van der Waals surface area contributed by atoms with Crippen LogP contribution in [0.15, 0.2) is 48.9 Å². The van der Waals surface area contributed by atoms with Crippen LogP contribution in [0.5, 0.6) is 0 Å². The number of aromatic nitrogens is 3. The first-order valence-electron chi connectivity index (χ1n) is 13.7. The van der Waals surface area contributed by atoms with Crippen LogP contribution >= 0.6 is 0 Å². The summed E-state index contributed by atoms with van der Waals surface area (Å²) in [5, 5.41) is 23.6. The van der Waals surface area contributed by atoms with E-state index in [1.54, 1.807) is 6.20 Å². The topological polar surface area (TPSA) is 119 Å². The van der Waals surface area contributed by atoms with Crippen molar-refractivity contribution < 1.29 is 14.7 Å². The molecule has 0 radical (unpaired) electrons. The number of likely N-dealkylation sites (tertiary alicyclic amines) is 1. The SMILES string of the molecule is N#Cc1cc2c3c(c1)c(C1=C(c4cnc5ccccn45)C(=O)CN1)cn3CCN(C(=O)N1CCC(CO)CC1)C2. The van der Waals surface area contributed by atoms with Crippen molar-refractivity contribution in [2.75, 3.05) is 32.8 Å². The third-order valence-electron chi connectivity index (χ3n) is 8.46. The van der Waals surface area contributed by atoms with Gasteiger partial charge in [-0.3, -0.25) is 9.20 Å². The van der Waals surface area contributed by atoms with Crippen molar-refractivity contribution in [3.63, 3.8) is 0 Å². The standard InChI is InChI=1S/C30H29N7O3/c31-13-20-11-21-16-36(30(40)34-7-4-19(18-38)5-8-34)10-9-35-17-23(22(12-20)29(21)35)28-27(25(39)15-33-28)24-14-32-26-3-1-2-6-37(24)26/h1-3,6,11-12,14,17,19,33,38H,4-5,7-10,15-16,18H2. The highest BCUT2D eigenvalue weighted by Gasteiger charge is 2.32. The van der Waals surface area contributed by atoms with E-state index in [2.05, 4.69) is 20.9 Å². The number of Topliss-reactive ketones (excluding diaryl/α,β-unsaturated/α-hetero) is 1. The van der Waals surface area contributed by atoms with E-state index in [4.69, 9.17) is 0 Å². The van der Waals surface area contributed by atoms with Gasteiger partial charge in [-0.15, -0.1) is 0 Å². The van der Waals surface area contributed by atoms with E-state index in [1.807, 2.05) is 56.9 Å². The Labute approximate surface area is 230 Å². The van der Waals surface area contributed by atoms with Crippen LogP contribution in [0.1, 0.15) is 35.2 Å². The summed E-state index contributed by atoms with van der Waals surface area (Å²) < 4.78 is 4.07. The molecule has 6 heterocycles. The van der Waals surface area contributed by atoms with E-state index in [0.29, 0.717) is 43.9 Å². The Hall–Kier alpha value is -4.62. The van der Waals surface area contributed by atoms with E-state index in [0.717, 1.165) is 51.9 Å². The Kier molecular flexibility index (Phi) is 5.82. The number of amides is 2. The van der Waals surface area contributed by atoms with Gasteiger partial charge < -0.3 is 24.8 Å². The molecule has 10 nitrogen and oxygen atoms in total. The number of aliphatic hydroxyl groups excluding tert-OH is 1. The fourth-order valence-electron chi connectivity index (χ4n) is 6.38. The summed E-state index contributed by atoms with van der Waals surface area (Å²) in [6.07, 6.45) is 7.29. The molecule has 7 rings (SSSR count). The molecule has 0 unspecified atom stereocenters. The summed E-state index contributed by atoms with van der Waals surface area (Å²) in [5.41, 5.74) is 6.09. The second-order valence-electron chi connectivity index (χ2n) is 10.8. The zero-order valence-electron chi connectivity index (χ0n) is 22.0. The number of aliphatic hydroxyl groups is 1. The Morgan fingerprint density at radius 3 is 2.80 bits per heavy atom. The van der Waals surface area contributed by atoms with Gasteiger partial charge in [-0.25, -0.2) is 9.78 Å². The molecule has 3 aliphatic heterocycles. The lowest BCUT2D eigenvalue weighted by atomic mass is 9.98. The molecule has 0 spiro atoms. The monoisotopic (exact) mass is 535 g/mol. The molecule has 4 aromatic rings. The lowest BCUT2D eigenvalue weighted by Gasteiger charge is -2.35. The normalized spacial score (nSPS) is 17.9. The van der Waals surface area contributed by atoms with Gasteiger partial charge in [0.25, 0.3) is 0 Å². The quantitative estimate of drug-likeness (QED) is 0.417. The number of carbonyl (C=O) groups is 2. The van der Waals surface area contributed by atoms with Gasteiger partial charge in [-0.1, -0.05) is 6.07 Å². The van der Waals surface area contributed by atoms with Crippen LogP contribution in [-0.2, 0) is 17.9 Å². The van der Waals surface area contributed by atoms with E-state index in [-0.39, 0.29) is 30.9 Å². The average Bonchev–Trinajstić information content (AvgIpc) is 3.65. The van der Waals surface area contributed by atoms with Crippen molar-refractivity contribution in [1.29, 1.82) is 5.26 Å². The Morgan fingerprint density at radius 2 is 2.00 bits per heavy atom. The van der Waals surface area contributed by atoms with E-state index in [9.17, 15) is 20.0 Å². The Bertz CT molecular complexity index is 1750. The van der Waals surface area contributed by atoms with Crippen molar-refractivity contribution in [3.05, 3.63) is 71.3 Å². The van der Waals surface area contributed by atoms with Gasteiger partial charge in [0.15, 0.2) is 5.78 Å². The molecule has 1 saturated heterocycles. The number of nitrogens with one attached hydrogen (secondary N) is 1. The first-order chi connectivity index (χ1) is 19.6. The maximum Gasteiger partial charge on any atom is 0.320 e. The fourth-order valence-corrected chi connectivity index (χ4v) is 6.38. The van der Waals surface area contributed by atoms with Crippen LogP contribution in [0.4, 0.5) is 4.79 Å². The summed E-state index contributed by atoms with van der Waals surface area (Å²) in [4.78, 5) is 34.9. The first-order valence-corrected chi connectivity index (χ1v) is 13.7. The summed E-state index contributed by atoms with van der Waals surface area (Å²) >= 11 is 0.